The highest BCUT2D eigenvalue weighted by molar-refractivity contribution is 8.01. The van der Waals surface area contributed by atoms with E-state index in [0.717, 1.165) is 28.4 Å². The SMILES string of the molecule is Cc1cccc(Nc2nnc(SCC(=O)NC(C)(C#N)C3CC3)s2)c1. The summed E-state index contributed by atoms with van der Waals surface area (Å²) in [6, 6.07) is 10.2. The number of carbonyl (C=O) groups is 1. The monoisotopic (exact) mass is 373 g/mol. The molecule has 2 N–H and O–H groups in total. The van der Waals surface area contributed by atoms with Gasteiger partial charge in [0.25, 0.3) is 0 Å². The fourth-order valence-electron chi connectivity index (χ4n) is 2.50. The maximum absolute atomic E-state index is 12.1. The molecule has 8 heteroatoms. The Kier molecular flexibility index (Phi) is 5.25. The molecule has 0 aliphatic heterocycles. The number of anilines is 2. The lowest BCUT2D eigenvalue weighted by molar-refractivity contribution is -0.119. The highest BCUT2D eigenvalue weighted by Gasteiger charge is 2.42. The van der Waals surface area contributed by atoms with Gasteiger partial charge in [0.15, 0.2) is 4.34 Å². The molecular formula is C17H19N5OS2. The summed E-state index contributed by atoms with van der Waals surface area (Å²) in [4.78, 5) is 12.1. The van der Waals surface area contributed by atoms with Crippen LogP contribution in [0.25, 0.3) is 0 Å². The van der Waals surface area contributed by atoms with Crippen LogP contribution >= 0.6 is 23.1 Å². The van der Waals surface area contributed by atoms with E-state index in [1.807, 2.05) is 31.2 Å². The Hall–Kier alpha value is -2.11. The number of nitrogens with one attached hydrogen (secondary N) is 2. The summed E-state index contributed by atoms with van der Waals surface area (Å²) in [7, 11) is 0. The lowest BCUT2D eigenvalue weighted by atomic mass is 9.98. The van der Waals surface area contributed by atoms with Gasteiger partial charge in [-0.05, 0) is 50.3 Å². The van der Waals surface area contributed by atoms with Gasteiger partial charge in [-0.2, -0.15) is 5.26 Å². The van der Waals surface area contributed by atoms with Gasteiger partial charge in [-0.1, -0.05) is 35.2 Å². The zero-order chi connectivity index (χ0) is 17.9. The number of nitriles is 1. The summed E-state index contributed by atoms with van der Waals surface area (Å²) in [5, 5.41) is 24.2. The first-order chi connectivity index (χ1) is 12.0. The number of rotatable bonds is 7. The van der Waals surface area contributed by atoms with Crippen molar-refractivity contribution in [3.8, 4) is 6.07 Å². The molecule has 130 valence electrons. The normalized spacial score (nSPS) is 15.9. The van der Waals surface area contributed by atoms with Gasteiger partial charge in [-0.3, -0.25) is 4.79 Å². The van der Waals surface area contributed by atoms with E-state index in [4.69, 9.17) is 0 Å². The molecular weight excluding hydrogens is 354 g/mol. The largest absolute Gasteiger partial charge is 0.337 e. The third-order valence-electron chi connectivity index (χ3n) is 4.03. The van der Waals surface area contributed by atoms with Crippen molar-refractivity contribution < 1.29 is 4.79 Å². The Morgan fingerprint density at radius 2 is 2.28 bits per heavy atom. The minimum Gasteiger partial charge on any atom is -0.337 e. The Balaban J connectivity index is 1.51. The fraction of sp³-hybridized carbons (Fsp3) is 0.412. The highest BCUT2D eigenvalue weighted by Crippen LogP contribution is 2.39. The lowest BCUT2D eigenvalue weighted by Gasteiger charge is -2.22. The highest BCUT2D eigenvalue weighted by atomic mass is 32.2. The quantitative estimate of drug-likeness (QED) is 0.722. The Morgan fingerprint density at radius 1 is 1.48 bits per heavy atom. The van der Waals surface area contributed by atoms with Crippen LogP contribution in [-0.2, 0) is 4.79 Å². The maximum atomic E-state index is 12.1. The van der Waals surface area contributed by atoms with Crippen LogP contribution < -0.4 is 10.6 Å². The van der Waals surface area contributed by atoms with Gasteiger partial charge in [-0.25, -0.2) is 0 Å². The minimum atomic E-state index is -0.753. The molecule has 0 saturated heterocycles. The molecule has 0 bridgehead atoms. The number of hydrogen-bond acceptors (Lipinski definition) is 7. The second-order valence-corrected chi connectivity index (χ2v) is 8.49. The molecule has 25 heavy (non-hydrogen) atoms. The fourth-order valence-corrected chi connectivity index (χ4v) is 4.07. The van der Waals surface area contributed by atoms with E-state index in [2.05, 4.69) is 26.9 Å². The first-order valence-corrected chi connectivity index (χ1v) is 9.81. The Labute approximate surface area is 155 Å². The van der Waals surface area contributed by atoms with Crippen LogP contribution in [0.3, 0.4) is 0 Å². The standard InChI is InChI=1S/C17H19N5OS2/c1-11-4-3-5-13(8-11)19-15-21-22-16(25-15)24-9-14(23)20-17(2,10-18)12-6-7-12/h3-5,8,12H,6-7,9H2,1-2H3,(H,19,21)(H,20,23). The molecule has 6 nitrogen and oxygen atoms in total. The van der Waals surface area contributed by atoms with Gasteiger partial charge in [0.1, 0.15) is 5.54 Å². The number of carbonyl (C=O) groups excluding carboxylic acids is 1. The van der Waals surface area contributed by atoms with Crippen LogP contribution in [0.4, 0.5) is 10.8 Å². The number of benzene rings is 1. The molecule has 2 aromatic rings. The molecule has 1 saturated carbocycles. The molecule has 1 fully saturated rings. The molecule has 1 unspecified atom stereocenters. The van der Waals surface area contributed by atoms with E-state index in [1.165, 1.54) is 23.1 Å². The first kappa shape index (κ1) is 17.7. The second kappa shape index (κ2) is 7.42. The van der Waals surface area contributed by atoms with Gasteiger partial charge >= 0.3 is 0 Å². The van der Waals surface area contributed by atoms with Gasteiger partial charge in [0, 0.05) is 5.69 Å². The number of hydrogen-bond donors (Lipinski definition) is 2. The van der Waals surface area contributed by atoms with Gasteiger partial charge in [0.05, 0.1) is 11.8 Å². The molecule has 1 aromatic carbocycles. The van der Waals surface area contributed by atoms with Crippen molar-refractivity contribution in [2.45, 2.75) is 36.6 Å². The lowest BCUT2D eigenvalue weighted by Crippen LogP contribution is -2.47. The van der Waals surface area contributed by atoms with E-state index >= 15 is 0 Å². The van der Waals surface area contributed by atoms with E-state index < -0.39 is 5.54 Å². The first-order valence-electron chi connectivity index (χ1n) is 8.01. The van der Waals surface area contributed by atoms with Crippen molar-refractivity contribution in [1.82, 2.24) is 15.5 Å². The Bertz CT molecular complexity index is 811. The number of amides is 1. The average molecular weight is 374 g/mol. The molecule has 3 rings (SSSR count). The van der Waals surface area contributed by atoms with Crippen molar-refractivity contribution in [2.24, 2.45) is 5.92 Å². The number of nitrogens with zero attached hydrogens (tertiary/aromatic N) is 3. The third kappa shape index (κ3) is 4.71. The van der Waals surface area contributed by atoms with Crippen LogP contribution in [0.15, 0.2) is 28.6 Å². The van der Waals surface area contributed by atoms with Crippen molar-refractivity contribution in [3.63, 3.8) is 0 Å². The van der Waals surface area contributed by atoms with Gasteiger partial charge in [0.2, 0.25) is 11.0 Å². The van der Waals surface area contributed by atoms with E-state index in [9.17, 15) is 10.1 Å². The van der Waals surface area contributed by atoms with Crippen LogP contribution in [0, 0.1) is 24.2 Å². The van der Waals surface area contributed by atoms with Crippen LogP contribution in [0.5, 0.6) is 0 Å². The summed E-state index contributed by atoms with van der Waals surface area (Å²) >= 11 is 2.73. The summed E-state index contributed by atoms with van der Waals surface area (Å²) < 4.78 is 0.718. The smallest absolute Gasteiger partial charge is 0.231 e. The molecule has 0 radical (unpaired) electrons. The van der Waals surface area contributed by atoms with Crippen LogP contribution in [-0.4, -0.2) is 27.4 Å². The van der Waals surface area contributed by atoms with Crippen molar-refractivity contribution in [1.29, 1.82) is 5.26 Å². The summed E-state index contributed by atoms with van der Waals surface area (Å²) in [5.41, 5.74) is 1.37. The van der Waals surface area contributed by atoms with Gasteiger partial charge < -0.3 is 10.6 Å². The molecule has 1 aliphatic carbocycles. The van der Waals surface area contributed by atoms with Gasteiger partial charge in [-0.15, -0.1) is 10.2 Å². The van der Waals surface area contributed by atoms with Crippen LogP contribution in [0.2, 0.25) is 0 Å². The summed E-state index contributed by atoms with van der Waals surface area (Å²) in [6.07, 6.45) is 2.00. The minimum absolute atomic E-state index is 0.149. The van der Waals surface area contributed by atoms with Crippen molar-refractivity contribution >= 4 is 39.8 Å². The number of aryl methyl sites for hydroxylation is 1. The number of aromatic nitrogens is 2. The second-order valence-electron chi connectivity index (χ2n) is 6.29. The predicted molar refractivity (Wildman–Crippen MR) is 100.0 cm³/mol. The van der Waals surface area contributed by atoms with E-state index in [1.54, 1.807) is 6.92 Å². The summed E-state index contributed by atoms with van der Waals surface area (Å²) in [5.74, 6) is 0.353. The zero-order valence-electron chi connectivity index (χ0n) is 14.1. The van der Waals surface area contributed by atoms with Crippen LogP contribution in [0.1, 0.15) is 25.3 Å². The number of thioether (sulfide) groups is 1. The molecule has 1 aromatic heterocycles. The third-order valence-corrected chi connectivity index (χ3v) is 6.00. The van der Waals surface area contributed by atoms with E-state index in [0.29, 0.717) is 5.13 Å². The summed E-state index contributed by atoms with van der Waals surface area (Å²) in [6.45, 7) is 3.82. The predicted octanol–water partition coefficient (Wildman–Crippen LogP) is 3.49. The molecule has 1 aliphatic rings. The molecule has 1 atom stereocenters. The topological polar surface area (TPSA) is 90.7 Å². The van der Waals surface area contributed by atoms with Crippen molar-refractivity contribution in [3.05, 3.63) is 29.8 Å². The zero-order valence-corrected chi connectivity index (χ0v) is 15.7. The maximum Gasteiger partial charge on any atom is 0.231 e. The molecule has 0 spiro atoms. The molecule has 1 heterocycles. The molecule has 1 amide bonds. The van der Waals surface area contributed by atoms with Crippen molar-refractivity contribution in [2.75, 3.05) is 11.1 Å². The average Bonchev–Trinajstić information content (AvgIpc) is 3.35. The van der Waals surface area contributed by atoms with E-state index in [-0.39, 0.29) is 17.6 Å². The Morgan fingerprint density at radius 3 is 2.96 bits per heavy atom.